The molecule has 0 aliphatic rings. The molecule has 0 bridgehead atoms. The lowest BCUT2D eigenvalue weighted by Gasteiger charge is -2.36. The molecule has 1 aromatic carbocycles. The number of hydrogen-bond donors (Lipinski definition) is 2. The number of benzene rings is 1. The van der Waals surface area contributed by atoms with E-state index in [2.05, 4.69) is 9.97 Å². The van der Waals surface area contributed by atoms with Gasteiger partial charge >= 0.3 is 0 Å². The topological polar surface area (TPSA) is 58.1 Å². The van der Waals surface area contributed by atoms with Gasteiger partial charge in [-0.25, -0.2) is 8.78 Å². The number of aromatic nitrogens is 2. The SMILES string of the molecule is COc1ccc(F)cc1C(C)(CF)CC(O)(CF)Cc1cc2ccncc2[nH]1. The Bertz CT molecular complexity index is 929. The highest BCUT2D eigenvalue weighted by atomic mass is 19.1. The summed E-state index contributed by atoms with van der Waals surface area (Å²) in [5.74, 6) is -0.262. The molecule has 0 aliphatic heterocycles. The highest BCUT2D eigenvalue weighted by Gasteiger charge is 2.41. The van der Waals surface area contributed by atoms with Crippen LogP contribution < -0.4 is 4.74 Å². The summed E-state index contributed by atoms with van der Waals surface area (Å²) < 4.78 is 47.1. The van der Waals surface area contributed by atoms with E-state index in [-0.39, 0.29) is 18.4 Å². The van der Waals surface area contributed by atoms with E-state index in [0.29, 0.717) is 11.4 Å². The van der Waals surface area contributed by atoms with E-state index in [9.17, 15) is 18.3 Å². The summed E-state index contributed by atoms with van der Waals surface area (Å²) in [6.07, 6.45) is 2.97. The number of H-pyrrole nitrogens is 1. The van der Waals surface area contributed by atoms with E-state index in [1.807, 2.05) is 0 Å². The number of aromatic amines is 1. The summed E-state index contributed by atoms with van der Waals surface area (Å²) in [5, 5.41) is 11.8. The molecule has 2 N–H and O–H groups in total. The van der Waals surface area contributed by atoms with Gasteiger partial charge in [-0.15, -0.1) is 0 Å². The van der Waals surface area contributed by atoms with Crippen LogP contribution in [0.3, 0.4) is 0 Å². The largest absolute Gasteiger partial charge is 0.496 e. The number of pyridine rings is 1. The van der Waals surface area contributed by atoms with Crippen molar-refractivity contribution >= 4 is 10.9 Å². The van der Waals surface area contributed by atoms with Crippen LogP contribution in [0.2, 0.25) is 0 Å². The van der Waals surface area contributed by atoms with Crippen LogP contribution in [0.4, 0.5) is 13.2 Å². The summed E-state index contributed by atoms with van der Waals surface area (Å²) in [7, 11) is 1.40. The van der Waals surface area contributed by atoms with E-state index in [0.717, 1.165) is 10.9 Å². The van der Waals surface area contributed by atoms with Crippen LogP contribution in [-0.2, 0) is 11.8 Å². The van der Waals surface area contributed by atoms with Crippen LogP contribution in [-0.4, -0.2) is 41.1 Å². The summed E-state index contributed by atoms with van der Waals surface area (Å²) in [6, 6.07) is 7.38. The molecular weight excluding hydrogens is 369 g/mol. The molecule has 150 valence electrons. The molecule has 3 rings (SSSR count). The second-order valence-electron chi connectivity index (χ2n) is 7.51. The normalized spacial score (nSPS) is 15.9. The van der Waals surface area contributed by atoms with Gasteiger partial charge in [0.2, 0.25) is 0 Å². The summed E-state index contributed by atoms with van der Waals surface area (Å²) in [5.41, 5.74) is -1.55. The quantitative estimate of drug-likeness (QED) is 0.602. The van der Waals surface area contributed by atoms with E-state index in [1.54, 1.807) is 24.5 Å². The molecule has 4 nitrogen and oxygen atoms in total. The van der Waals surface area contributed by atoms with Crippen molar-refractivity contribution in [1.82, 2.24) is 9.97 Å². The zero-order valence-electron chi connectivity index (χ0n) is 15.8. The minimum Gasteiger partial charge on any atom is -0.496 e. The van der Waals surface area contributed by atoms with E-state index in [1.165, 1.54) is 32.2 Å². The Balaban J connectivity index is 1.93. The molecule has 3 aromatic rings. The van der Waals surface area contributed by atoms with Gasteiger partial charge in [-0.1, -0.05) is 6.92 Å². The molecule has 0 spiro atoms. The van der Waals surface area contributed by atoms with Crippen molar-refractivity contribution in [3.63, 3.8) is 0 Å². The number of nitrogens with zero attached hydrogens (tertiary/aromatic N) is 1. The molecule has 7 heteroatoms. The van der Waals surface area contributed by atoms with Crippen LogP contribution in [0.5, 0.6) is 5.75 Å². The number of alkyl halides is 2. The minimum absolute atomic E-state index is 0.0502. The van der Waals surface area contributed by atoms with Crippen LogP contribution in [0.1, 0.15) is 24.6 Å². The van der Waals surface area contributed by atoms with Crippen molar-refractivity contribution in [2.24, 2.45) is 0 Å². The molecule has 28 heavy (non-hydrogen) atoms. The first-order valence-corrected chi connectivity index (χ1v) is 8.92. The molecule has 0 fully saturated rings. The molecule has 0 saturated heterocycles. The van der Waals surface area contributed by atoms with Crippen LogP contribution >= 0.6 is 0 Å². The first-order chi connectivity index (χ1) is 13.3. The Morgan fingerprint density at radius 1 is 1.18 bits per heavy atom. The Morgan fingerprint density at radius 3 is 2.61 bits per heavy atom. The lowest BCUT2D eigenvalue weighted by Crippen LogP contribution is -2.43. The Labute approximate surface area is 161 Å². The van der Waals surface area contributed by atoms with Gasteiger partial charge in [-0.05, 0) is 36.8 Å². The smallest absolute Gasteiger partial charge is 0.123 e. The van der Waals surface area contributed by atoms with Crippen molar-refractivity contribution in [3.8, 4) is 5.75 Å². The Morgan fingerprint density at radius 2 is 1.96 bits per heavy atom. The first kappa shape index (κ1) is 20.2. The number of aliphatic hydroxyl groups is 1. The van der Waals surface area contributed by atoms with Crippen molar-refractivity contribution in [2.75, 3.05) is 20.5 Å². The Hall–Kier alpha value is -2.54. The van der Waals surface area contributed by atoms with Gasteiger partial charge in [-0.3, -0.25) is 9.37 Å². The third-order valence-electron chi connectivity index (χ3n) is 5.07. The molecule has 0 saturated carbocycles. The maximum atomic E-state index is 14.1. The first-order valence-electron chi connectivity index (χ1n) is 8.92. The zero-order chi connectivity index (χ0) is 20.4. The van der Waals surface area contributed by atoms with E-state index in [4.69, 9.17) is 4.74 Å². The van der Waals surface area contributed by atoms with Gasteiger partial charge in [0.1, 0.15) is 18.2 Å². The molecule has 2 atom stereocenters. The number of methoxy groups -OCH3 is 1. The fraction of sp³-hybridized carbons (Fsp3) is 0.381. The zero-order valence-corrected chi connectivity index (χ0v) is 15.8. The highest BCUT2D eigenvalue weighted by molar-refractivity contribution is 5.79. The van der Waals surface area contributed by atoms with Crippen molar-refractivity contribution < 1.29 is 23.0 Å². The minimum atomic E-state index is -1.84. The standard InChI is InChI=1S/C21H23F3N2O2/c1-20(12-22,17-8-15(24)3-4-19(17)28-2)11-21(27,13-23)9-16-7-14-5-6-25-10-18(14)26-16/h3-8,10,26-27H,9,11-13H2,1-2H3. The number of halogens is 3. The molecule has 2 aromatic heterocycles. The lowest BCUT2D eigenvalue weighted by atomic mass is 9.73. The third kappa shape index (κ3) is 3.99. The lowest BCUT2D eigenvalue weighted by molar-refractivity contribution is -0.0153. The fourth-order valence-corrected chi connectivity index (χ4v) is 3.73. The summed E-state index contributed by atoms with van der Waals surface area (Å²) in [4.78, 5) is 7.11. The molecule has 0 aliphatic carbocycles. The van der Waals surface area contributed by atoms with Crippen molar-refractivity contribution in [3.05, 3.63) is 59.8 Å². The Kier molecular flexibility index (Phi) is 5.65. The van der Waals surface area contributed by atoms with E-state index < -0.39 is 30.2 Å². The van der Waals surface area contributed by atoms with Crippen LogP contribution in [0, 0.1) is 5.82 Å². The average Bonchev–Trinajstić information content (AvgIpc) is 3.09. The fourth-order valence-electron chi connectivity index (χ4n) is 3.73. The average molecular weight is 392 g/mol. The monoisotopic (exact) mass is 392 g/mol. The molecule has 0 amide bonds. The number of nitrogens with one attached hydrogen (secondary N) is 1. The number of fused-ring (bicyclic) bond motifs is 1. The summed E-state index contributed by atoms with van der Waals surface area (Å²) >= 11 is 0. The van der Waals surface area contributed by atoms with Crippen molar-refractivity contribution in [1.29, 1.82) is 0 Å². The number of hydrogen-bond acceptors (Lipinski definition) is 3. The van der Waals surface area contributed by atoms with Crippen molar-refractivity contribution in [2.45, 2.75) is 30.8 Å². The maximum absolute atomic E-state index is 14.1. The maximum Gasteiger partial charge on any atom is 0.123 e. The highest BCUT2D eigenvalue weighted by Crippen LogP contribution is 2.40. The second kappa shape index (κ2) is 7.83. The number of ether oxygens (including phenoxy) is 1. The summed E-state index contributed by atoms with van der Waals surface area (Å²) in [6.45, 7) is -0.459. The predicted molar refractivity (Wildman–Crippen MR) is 102 cm³/mol. The molecule has 2 heterocycles. The number of rotatable bonds is 8. The van der Waals surface area contributed by atoms with Gasteiger partial charge in [-0.2, -0.15) is 0 Å². The van der Waals surface area contributed by atoms with Gasteiger partial charge < -0.3 is 14.8 Å². The molecule has 0 radical (unpaired) electrons. The third-order valence-corrected chi connectivity index (χ3v) is 5.07. The predicted octanol–water partition coefficient (Wildman–Crippen LogP) is 4.27. The van der Waals surface area contributed by atoms with Gasteiger partial charge in [0.15, 0.2) is 0 Å². The second-order valence-corrected chi connectivity index (χ2v) is 7.51. The van der Waals surface area contributed by atoms with Crippen LogP contribution in [0.25, 0.3) is 10.9 Å². The van der Waals surface area contributed by atoms with Gasteiger partial charge in [0.25, 0.3) is 0 Å². The molecule has 2 unspecified atom stereocenters. The van der Waals surface area contributed by atoms with Gasteiger partial charge in [0.05, 0.1) is 31.1 Å². The van der Waals surface area contributed by atoms with Crippen LogP contribution in [0.15, 0.2) is 42.7 Å². The molecular formula is C21H23F3N2O2. The van der Waals surface area contributed by atoms with E-state index >= 15 is 0 Å². The van der Waals surface area contributed by atoms with Gasteiger partial charge in [0, 0.05) is 34.7 Å².